The third kappa shape index (κ3) is 4.55. The van der Waals surface area contributed by atoms with Gasteiger partial charge in [-0.1, -0.05) is 23.7 Å². The summed E-state index contributed by atoms with van der Waals surface area (Å²) >= 11 is 5.94. The maximum absolute atomic E-state index is 13.4. The van der Waals surface area contributed by atoms with E-state index >= 15 is 0 Å². The Morgan fingerprint density at radius 3 is 2.52 bits per heavy atom. The molecule has 164 valence electrons. The molecule has 3 aromatic rings. The van der Waals surface area contributed by atoms with Gasteiger partial charge in [0, 0.05) is 35.7 Å². The number of aryl methyl sites for hydroxylation is 2. The molecule has 1 aliphatic heterocycles. The second-order valence-corrected chi connectivity index (χ2v) is 10.4. The summed E-state index contributed by atoms with van der Waals surface area (Å²) in [5, 5.41) is 1.37. The lowest BCUT2D eigenvalue weighted by atomic mass is 10.0. The molecule has 4 rings (SSSR count). The molecule has 0 spiro atoms. The van der Waals surface area contributed by atoms with E-state index in [9.17, 15) is 13.2 Å². The first-order valence-corrected chi connectivity index (χ1v) is 12.1. The number of fused-ring (bicyclic) bond motifs is 1. The van der Waals surface area contributed by atoms with Crippen LogP contribution in [0.3, 0.4) is 0 Å². The highest BCUT2D eigenvalue weighted by Gasteiger charge is 2.30. The highest BCUT2D eigenvalue weighted by molar-refractivity contribution is 7.89. The van der Waals surface area contributed by atoms with Gasteiger partial charge in [-0.2, -0.15) is 4.31 Å². The minimum atomic E-state index is -3.85. The standard InChI is InChI=1S/C23H25ClN2O4S/c1-15-5-6-16(2)22-21(15)12-17(23(27)25-22)13-26(14-19-4-3-11-30-19)31(28,29)20-9-7-18(24)8-10-20/h5-10,12,19H,3-4,11,13-14H2,1-2H3,(H,25,27). The van der Waals surface area contributed by atoms with E-state index < -0.39 is 10.0 Å². The van der Waals surface area contributed by atoms with Crippen molar-refractivity contribution >= 4 is 32.5 Å². The van der Waals surface area contributed by atoms with Crippen molar-refractivity contribution in [2.45, 2.75) is 44.2 Å². The van der Waals surface area contributed by atoms with Crippen molar-refractivity contribution in [2.24, 2.45) is 0 Å². The molecule has 1 aromatic heterocycles. The van der Waals surface area contributed by atoms with Gasteiger partial charge in [-0.3, -0.25) is 4.79 Å². The number of rotatable bonds is 6. The summed E-state index contributed by atoms with van der Waals surface area (Å²) in [5.74, 6) is 0. The van der Waals surface area contributed by atoms with Crippen LogP contribution in [0.5, 0.6) is 0 Å². The van der Waals surface area contributed by atoms with Crippen LogP contribution in [0.15, 0.2) is 52.2 Å². The summed E-state index contributed by atoms with van der Waals surface area (Å²) in [4.78, 5) is 15.9. The normalized spacial score (nSPS) is 17.0. The van der Waals surface area contributed by atoms with Crippen LogP contribution in [-0.4, -0.2) is 37.0 Å². The molecule has 0 bridgehead atoms. The van der Waals surface area contributed by atoms with E-state index in [0.717, 1.165) is 34.9 Å². The molecule has 1 N–H and O–H groups in total. The van der Waals surface area contributed by atoms with Crippen molar-refractivity contribution < 1.29 is 13.2 Å². The summed E-state index contributed by atoms with van der Waals surface area (Å²) in [5.41, 5.74) is 2.88. The lowest BCUT2D eigenvalue weighted by Crippen LogP contribution is -2.38. The fourth-order valence-electron chi connectivity index (χ4n) is 3.94. The Kier molecular flexibility index (Phi) is 6.21. The van der Waals surface area contributed by atoms with Crippen LogP contribution in [0.1, 0.15) is 29.5 Å². The predicted molar refractivity (Wildman–Crippen MR) is 122 cm³/mol. The molecule has 0 radical (unpaired) electrons. The van der Waals surface area contributed by atoms with Crippen LogP contribution in [-0.2, 0) is 21.3 Å². The average molecular weight is 461 g/mol. The zero-order valence-corrected chi connectivity index (χ0v) is 19.1. The Bertz CT molecular complexity index is 1260. The number of hydrogen-bond acceptors (Lipinski definition) is 4. The molecule has 1 unspecified atom stereocenters. The van der Waals surface area contributed by atoms with Crippen LogP contribution in [0, 0.1) is 13.8 Å². The highest BCUT2D eigenvalue weighted by atomic mass is 35.5. The van der Waals surface area contributed by atoms with Gasteiger partial charge in [0.15, 0.2) is 0 Å². The molecule has 8 heteroatoms. The number of hydrogen-bond donors (Lipinski definition) is 1. The van der Waals surface area contributed by atoms with Crippen molar-refractivity contribution in [2.75, 3.05) is 13.2 Å². The number of aromatic nitrogens is 1. The number of pyridine rings is 1. The number of ether oxygens (including phenoxy) is 1. The number of nitrogens with zero attached hydrogens (tertiary/aromatic N) is 1. The van der Waals surface area contributed by atoms with Gasteiger partial charge in [-0.05, 0) is 68.1 Å². The first kappa shape index (κ1) is 22.0. The van der Waals surface area contributed by atoms with Crippen molar-refractivity contribution in [1.29, 1.82) is 0 Å². The zero-order valence-electron chi connectivity index (χ0n) is 17.5. The lowest BCUT2D eigenvalue weighted by Gasteiger charge is -2.25. The van der Waals surface area contributed by atoms with Crippen LogP contribution in [0.25, 0.3) is 10.9 Å². The predicted octanol–water partition coefficient (Wildman–Crippen LogP) is 4.17. The van der Waals surface area contributed by atoms with Gasteiger partial charge in [0.05, 0.1) is 16.5 Å². The molecular formula is C23H25ClN2O4S. The molecule has 6 nitrogen and oxygen atoms in total. The maximum atomic E-state index is 13.4. The van der Waals surface area contributed by atoms with Gasteiger partial charge in [-0.25, -0.2) is 8.42 Å². The van der Waals surface area contributed by atoms with Gasteiger partial charge < -0.3 is 9.72 Å². The van der Waals surface area contributed by atoms with Crippen molar-refractivity contribution in [3.8, 4) is 0 Å². The minimum Gasteiger partial charge on any atom is -0.377 e. The first-order valence-electron chi connectivity index (χ1n) is 10.2. The Balaban J connectivity index is 1.76. The Morgan fingerprint density at radius 1 is 1.13 bits per heavy atom. The summed E-state index contributed by atoms with van der Waals surface area (Å²) < 4.78 is 33.9. The number of aromatic amines is 1. The minimum absolute atomic E-state index is 0.0382. The third-order valence-electron chi connectivity index (χ3n) is 5.75. The molecule has 1 aliphatic rings. The summed E-state index contributed by atoms with van der Waals surface area (Å²) in [6, 6.07) is 11.8. The zero-order chi connectivity index (χ0) is 22.2. The number of H-pyrrole nitrogens is 1. The van der Waals surface area contributed by atoms with E-state index in [1.807, 2.05) is 26.0 Å². The number of halogens is 1. The number of nitrogens with one attached hydrogen (secondary N) is 1. The van der Waals surface area contributed by atoms with E-state index in [2.05, 4.69) is 4.98 Å². The molecular weight excluding hydrogens is 436 g/mol. The molecule has 1 saturated heterocycles. The molecule has 2 aromatic carbocycles. The van der Waals surface area contributed by atoms with Crippen LogP contribution in [0.2, 0.25) is 5.02 Å². The molecule has 1 atom stereocenters. The molecule has 0 aliphatic carbocycles. The van der Waals surface area contributed by atoms with Crippen LogP contribution in [0.4, 0.5) is 0 Å². The molecule has 0 saturated carbocycles. The molecule has 2 heterocycles. The monoisotopic (exact) mass is 460 g/mol. The van der Waals surface area contributed by atoms with Gasteiger partial charge in [0.25, 0.3) is 5.56 Å². The molecule has 1 fully saturated rings. The summed E-state index contributed by atoms with van der Waals surface area (Å²) in [6.07, 6.45) is 1.50. The quantitative estimate of drug-likeness (QED) is 0.598. The van der Waals surface area contributed by atoms with Crippen molar-refractivity contribution in [1.82, 2.24) is 9.29 Å². The van der Waals surface area contributed by atoms with Crippen LogP contribution >= 0.6 is 11.6 Å². The van der Waals surface area contributed by atoms with E-state index in [4.69, 9.17) is 16.3 Å². The topological polar surface area (TPSA) is 79.5 Å². The van der Waals surface area contributed by atoms with E-state index in [-0.39, 0.29) is 29.6 Å². The summed E-state index contributed by atoms with van der Waals surface area (Å²) in [6.45, 7) is 4.68. The first-order chi connectivity index (χ1) is 14.8. The summed E-state index contributed by atoms with van der Waals surface area (Å²) in [7, 11) is -3.85. The second kappa shape index (κ2) is 8.74. The number of benzene rings is 2. The maximum Gasteiger partial charge on any atom is 0.252 e. The Morgan fingerprint density at radius 2 is 1.84 bits per heavy atom. The molecule has 31 heavy (non-hydrogen) atoms. The number of sulfonamides is 1. The van der Waals surface area contributed by atoms with Crippen molar-refractivity contribution in [3.05, 3.63) is 74.5 Å². The van der Waals surface area contributed by atoms with E-state index in [1.165, 1.54) is 16.4 Å². The van der Waals surface area contributed by atoms with E-state index in [1.54, 1.807) is 18.2 Å². The van der Waals surface area contributed by atoms with Gasteiger partial charge in [0.2, 0.25) is 10.0 Å². The van der Waals surface area contributed by atoms with Gasteiger partial charge >= 0.3 is 0 Å². The lowest BCUT2D eigenvalue weighted by molar-refractivity contribution is 0.0925. The van der Waals surface area contributed by atoms with Crippen molar-refractivity contribution in [3.63, 3.8) is 0 Å². The second-order valence-electron chi connectivity index (χ2n) is 8.00. The largest absolute Gasteiger partial charge is 0.377 e. The fraction of sp³-hybridized carbons (Fsp3) is 0.348. The average Bonchev–Trinajstić information content (AvgIpc) is 3.25. The van der Waals surface area contributed by atoms with Crippen LogP contribution < -0.4 is 5.56 Å². The van der Waals surface area contributed by atoms with Gasteiger partial charge in [-0.15, -0.1) is 0 Å². The Labute approximate surface area is 186 Å². The Hall–Kier alpha value is -2.19. The third-order valence-corrected chi connectivity index (χ3v) is 7.83. The molecule has 0 amide bonds. The van der Waals surface area contributed by atoms with E-state index in [0.29, 0.717) is 17.2 Å². The SMILES string of the molecule is Cc1ccc(C)c2[nH]c(=O)c(CN(CC3CCCO3)S(=O)(=O)c3ccc(Cl)cc3)cc12. The highest BCUT2D eigenvalue weighted by Crippen LogP contribution is 2.25. The smallest absolute Gasteiger partial charge is 0.252 e. The van der Waals surface area contributed by atoms with Gasteiger partial charge in [0.1, 0.15) is 0 Å². The fourth-order valence-corrected chi connectivity index (χ4v) is 5.52.